The second-order valence-corrected chi connectivity index (χ2v) is 5.49. The average Bonchev–Trinajstić information content (AvgIpc) is 3.27. The maximum atomic E-state index is 12.2. The fourth-order valence-corrected chi connectivity index (χ4v) is 2.32. The van der Waals surface area contributed by atoms with Crippen LogP contribution in [0.25, 0.3) is 10.9 Å². The number of benzene rings is 1. The summed E-state index contributed by atoms with van der Waals surface area (Å²) < 4.78 is 0. The van der Waals surface area contributed by atoms with E-state index in [0.29, 0.717) is 16.1 Å². The minimum atomic E-state index is -0.354. The number of amides is 2. The average molecular weight is 304 g/mol. The smallest absolute Gasteiger partial charge is 0.253 e. The summed E-state index contributed by atoms with van der Waals surface area (Å²) in [5.41, 5.74) is 0.944. The standard InChI is InChI=1S/C15H14ClN3O2/c16-10-6-9-2-1-5-17-14(9)12(7-10)15(21)18-8-13(20)19-11-3-4-11/h1-2,5-7,11H,3-4,8H2,(H,18,21)(H,19,20). The van der Waals surface area contributed by atoms with Gasteiger partial charge in [0, 0.05) is 22.6 Å². The van der Waals surface area contributed by atoms with Gasteiger partial charge in [0.05, 0.1) is 17.6 Å². The molecule has 0 bridgehead atoms. The number of nitrogens with zero attached hydrogens (tertiary/aromatic N) is 1. The van der Waals surface area contributed by atoms with Crippen LogP contribution in [0.2, 0.25) is 5.02 Å². The zero-order valence-electron chi connectivity index (χ0n) is 11.2. The van der Waals surface area contributed by atoms with Crippen molar-refractivity contribution in [1.29, 1.82) is 0 Å². The van der Waals surface area contributed by atoms with Gasteiger partial charge in [0.2, 0.25) is 5.91 Å². The predicted octanol–water partition coefficient (Wildman–Crippen LogP) is 1.90. The fraction of sp³-hybridized carbons (Fsp3) is 0.267. The van der Waals surface area contributed by atoms with Crippen molar-refractivity contribution in [2.75, 3.05) is 6.54 Å². The van der Waals surface area contributed by atoms with Gasteiger partial charge in [-0.15, -0.1) is 0 Å². The topological polar surface area (TPSA) is 71.1 Å². The first-order chi connectivity index (χ1) is 10.1. The summed E-state index contributed by atoms with van der Waals surface area (Å²) in [4.78, 5) is 28.0. The Morgan fingerprint density at radius 2 is 2.14 bits per heavy atom. The summed E-state index contributed by atoms with van der Waals surface area (Å²) in [5.74, 6) is -0.530. The number of pyridine rings is 1. The monoisotopic (exact) mass is 303 g/mol. The van der Waals surface area contributed by atoms with Gasteiger partial charge in [0.1, 0.15) is 0 Å². The first kappa shape index (κ1) is 13.8. The van der Waals surface area contributed by atoms with E-state index in [2.05, 4.69) is 15.6 Å². The van der Waals surface area contributed by atoms with Crippen LogP contribution in [-0.2, 0) is 4.79 Å². The van der Waals surface area contributed by atoms with Crippen molar-refractivity contribution >= 4 is 34.3 Å². The van der Waals surface area contributed by atoms with E-state index in [-0.39, 0.29) is 24.4 Å². The largest absolute Gasteiger partial charge is 0.352 e. The van der Waals surface area contributed by atoms with Gasteiger partial charge in [-0.25, -0.2) is 0 Å². The number of hydrogen-bond acceptors (Lipinski definition) is 3. The van der Waals surface area contributed by atoms with Gasteiger partial charge in [-0.1, -0.05) is 17.7 Å². The number of carbonyl (C=O) groups excluding carboxylic acids is 2. The highest BCUT2D eigenvalue weighted by Crippen LogP contribution is 2.22. The van der Waals surface area contributed by atoms with Crippen LogP contribution in [0.3, 0.4) is 0 Å². The molecule has 2 amide bonds. The van der Waals surface area contributed by atoms with Crippen LogP contribution in [0.15, 0.2) is 30.5 Å². The zero-order chi connectivity index (χ0) is 14.8. The molecule has 0 radical (unpaired) electrons. The maximum absolute atomic E-state index is 12.2. The molecule has 0 unspecified atom stereocenters. The van der Waals surface area contributed by atoms with Gasteiger partial charge in [-0.05, 0) is 31.0 Å². The molecular weight excluding hydrogens is 290 g/mol. The van der Waals surface area contributed by atoms with E-state index in [0.717, 1.165) is 18.2 Å². The number of carbonyl (C=O) groups is 2. The molecule has 0 spiro atoms. The summed E-state index contributed by atoms with van der Waals surface area (Å²) in [5, 5.41) is 6.67. The first-order valence-electron chi connectivity index (χ1n) is 6.75. The fourth-order valence-electron chi connectivity index (χ4n) is 2.09. The third kappa shape index (κ3) is 3.31. The highest BCUT2D eigenvalue weighted by Gasteiger charge is 2.23. The van der Waals surface area contributed by atoms with Crippen molar-refractivity contribution in [1.82, 2.24) is 15.6 Å². The van der Waals surface area contributed by atoms with Gasteiger partial charge < -0.3 is 10.6 Å². The van der Waals surface area contributed by atoms with E-state index in [4.69, 9.17) is 11.6 Å². The molecule has 6 heteroatoms. The van der Waals surface area contributed by atoms with Crippen LogP contribution >= 0.6 is 11.6 Å². The molecule has 0 saturated heterocycles. The molecule has 0 aliphatic heterocycles. The Hall–Kier alpha value is -2.14. The Balaban J connectivity index is 1.75. The molecule has 1 aliphatic rings. The summed E-state index contributed by atoms with van der Waals surface area (Å²) in [7, 11) is 0. The number of nitrogens with one attached hydrogen (secondary N) is 2. The van der Waals surface area contributed by atoms with Crippen molar-refractivity contribution in [2.45, 2.75) is 18.9 Å². The lowest BCUT2D eigenvalue weighted by Crippen LogP contribution is -2.37. The molecule has 1 saturated carbocycles. The first-order valence-corrected chi connectivity index (χ1v) is 7.13. The van der Waals surface area contributed by atoms with Crippen molar-refractivity contribution < 1.29 is 9.59 Å². The van der Waals surface area contributed by atoms with Crippen molar-refractivity contribution in [3.8, 4) is 0 Å². The van der Waals surface area contributed by atoms with Crippen molar-refractivity contribution in [3.63, 3.8) is 0 Å². The second kappa shape index (κ2) is 5.69. The molecule has 21 heavy (non-hydrogen) atoms. The Kier molecular flexibility index (Phi) is 3.75. The maximum Gasteiger partial charge on any atom is 0.253 e. The molecular formula is C15H14ClN3O2. The van der Waals surface area contributed by atoms with E-state index < -0.39 is 0 Å². The van der Waals surface area contributed by atoms with Gasteiger partial charge in [0.25, 0.3) is 5.91 Å². The van der Waals surface area contributed by atoms with Crippen LogP contribution in [-0.4, -0.2) is 29.4 Å². The van der Waals surface area contributed by atoms with Gasteiger partial charge in [-0.2, -0.15) is 0 Å². The van der Waals surface area contributed by atoms with Crippen LogP contribution in [0.4, 0.5) is 0 Å². The van der Waals surface area contributed by atoms with Gasteiger partial charge >= 0.3 is 0 Å². The number of hydrogen-bond donors (Lipinski definition) is 2. The minimum Gasteiger partial charge on any atom is -0.352 e. The van der Waals surface area contributed by atoms with E-state index in [9.17, 15) is 9.59 Å². The van der Waals surface area contributed by atoms with Crippen LogP contribution < -0.4 is 10.6 Å². The Bertz CT molecular complexity index is 713. The summed E-state index contributed by atoms with van der Waals surface area (Å²) >= 11 is 6.02. The third-order valence-corrected chi connectivity index (χ3v) is 3.48. The summed E-state index contributed by atoms with van der Waals surface area (Å²) in [6.45, 7) is -0.0455. The number of halogens is 1. The lowest BCUT2D eigenvalue weighted by molar-refractivity contribution is -0.120. The minimum absolute atomic E-state index is 0.0455. The molecule has 1 heterocycles. The molecule has 1 aromatic heterocycles. The third-order valence-electron chi connectivity index (χ3n) is 3.27. The van der Waals surface area contributed by atoms with E-state index in [1.807, 2.05) is 6.07 Å². The van der Waals surface area contributed by atoms with Crippen molar-refractivity contribution in [3.05, 3.63) is 41.0 Å². The highest BCUT2D eigenvalue weighted by atomic mass is 35.5. The van der Waals surface area contributed by atoms with E-state index >= 15 is 0 Å². The SMILES string of the molecule is O=C(CNC(=O)c1cc(Cl)cc2cccnc12)NC1CC1. The van der Waals surface area contributed by atoms with Crippen LogP contribution in [0.5, 0.6) is 0 Å². The van der Waals surface area contributed by atoms with Crippen molar-refractivity contribution in [2.24, 2.45) is 0 Å². The number of aromatic nitrogens is 1. The molecule has 2 N–H and O–H groups in total. The molecule has 1 aromatic carbocycles. The Morgan fingerprint density at radius 1 is 1.33 bits per heavy atom. The molecule has 5 nitrogen and oxygen atoms in total. The lowest BCUT2D eigenvalue weighted by Gasteiger charge is -2.08. The Morgan fingerprint density at radius 3 is 2.90 bits per heavy atom. The highest BCUT2D eigenvalue weighted by molar-refractivity contribution is 6.32. The predicted molar refractivity (Wildman–Crippen MR) is 80.3 cm³/mol. The Labute approximate surface area is 126 Å². The number of rotatable bonds is 4. The molecule has 3 rings (SSSR count). The van der Waals surface area contributed by atoms with E-state index in [1.54, 1.807) is 24.4 Å². The van der Waals surface area contributed by atoms with Crippen LogP contribution in [0, 0.1) is 0 Å². The summed E-state index contributed by atoms with van der Waals surface area (Å²) in [6.07, 6.45) is 3.65. The number of fused-ring (bicyclic) bond motifs is 1. The lowest BCUT2D eigenvalue weighted by atomic mass is 10.1. The molecule has 108 valence electrons. The molecule has 1 fully saturated rings. The van der Waals surface area contributed by atoms with E-state index in [1.165, 1.54) is 0 Å². The normalized spacial score (nSPS) is 14.0. The second-order valence-electron chi connectivity index (χ2n) is 5.05. The molecule has 0 atom stereocenters. The van der Waals surface area contributed by atoms with Crippen LogP contribution in [0.1, 0.15) is 23.2 Å². The van der Waals surface area contributed by atoms with Gasteiger partial charge in [0.15, 0.2) is 0 Å². The summed E-state index contributed by atoms with van der Waals surface area (Å²) in [6, 6.07) is 7.21. The quantitative estimate of drug-likeness (QED) is 0.906. The molecule has 1 aliphatic carbocycles. The zero-order valence-corrected chi connectivity index (χ0v) is 12.0. The molecule has 2 aromatic rings. The van der Waals surface area contributed by atoms with Gasteiger partial charge in [-0.3, -0.25) is 14.6 Å².